The molecule has 0 bridgehead atoms. The molecule has 0 spiro atoms. The van der Waals surface area contributed by atoms with E-state index in [9.17, 15) is 13.2 Å². The third kappa shape index (κ3) is 2.40. The molecule has 6 heteroatoms. The Morgan fingerprint density at radius 2 is 1.77 bits per heavy atom. The van der Waals surface area contributed by atoms with E-state index in [-0.39, 0.29) is 23.6 Å². The first-order valence-corrected chi connectivity index (χ1v) is 8.64. The average molecular weight is 336 g/mol. The van der Waals surface area contributed by atoms with Gasteiger partial charge in [-0.25, -0.2) is 8.42 Å². The summed E-state index contributed by atoms with van der Waals surface area (Å²) in [5.74, 6) is -0.0266. The molecule has 0 atom stereocenters. The number of nitrogens with zero attached hydrogens (tertiary/aromatic N) is 1. The number of halogens is 1. The molecule has 0 amide bonds. The second-order valence-corrected chi connectivity index (χ2v) is 7.47. The highest BCUT2D eigenvalue weighted by Gasteiger charge is 2.33. The van der Waals surface area contributed by atoms with Gasteiger partial charge < -0.3 is 0 Å². The molecular formula is C16H14ClNO3S. The van der Waals surface area contributed by atoms with Crippen LogP contribution in [0, 0.1) is 6.92 Å². The fraction of sp³-hybridized carbons (Fsp3) is 0.188. The zero-order valence-corrected chi connectivity index (χ0v) is 13.5. The summed E-state index contributed by atoms with van der Waals surface area (Å²) in [6, 6.07) is 11.3. The summed E-state index contributed by atoms with van der Waals surface area (Å²) in [6.45, 7) is 1.96. The molecule has 3 rings (SSSR count). The van der Waals surface area contributed by atoms with Crippen molar-refractivity contribution < 1.29 is 13.2 Å². The van der Waals surface area contributed by atoms with E-state index in [0.29, 0.717) is 16.3 Å². The molecule has 2 aromatic carbocycles. The monoisotopic (exact) mass is 335 g/mol. The van der Waals surface area contributed by atoms with E-state index >= 15 is 0 Å². The normalized spacial score (nSPS) is 14.8. The first-order chi connectivity index (χ1) is 10.4. The molecular weight excluding hydrogens is 322 g/mol. The van der Waals surface area contributed by atoms with Crippen LogP contribution in [0.2, 0.25) is 5.02 Å². The number of carbonyl (C=O) groups excluding carboxylic acids is 1. The van der Waals surface area contributed by atoms with Crippen molar-refractivity contribution in [2.75, 3.05) is 10.8 Å². The van der Waals surface area contributed by atoms with E-state index in [0.717, 1.165) is 5.56 Å². The van der Waals surface area contributed by atoms with Gasteiger partial charge >= 0.3 is 0 Å². The van der Waals surface area contributed by atoms with E-state index in [1.807, 2.05) is 13.0 Å². The van der Waals surface area contributed by atoms with E-state index in [1.54, 1.807) is 24.3 Å². The number of carbonyl (C=O) groups is 1. The van der Waals surface area contributed by atoms with Crippen LogP contribution in [-0.4, -0.2) is 20.7 Å². The summed E-state index contributed by atoms with van der Waals surface area (Å²) in [7, 11) is -3.72. The molecule has 0 saturated heterocycles. The van der Waals surface area contributed by atoms with Gasteiger partial charge in [0.15, 0.2) is 5.78 Å². The highest BCUT2D eigenvalue weighted by molar-refractivity contribution is 7.92. The Balaban J connectivity index is 2.16. The molecule has 2 aromatic rings. The predicted molar refractivity (Wildman–Crippen MR) is 86.1 cm³/mol. The maximum Gasteiger partial charge on any atom is 0.264 e. The number of Topliss-reactive ketones (excluding diaryl/α,β-unsaturated/α-hetero) is 1. The maximum absolute atomic E-state index is 12.9. The van der Waals surface area contributed by atoms with Gasteiger partial charge in [0.1, 0.15) is 0 Å². The van der Waals surface area contributed by atoms with Crippen LogP contribution in [0.1, 0.15) is 22.3 Å². The van der Waals surface area contributed by atoms with Gasteiger partial charge in [-0.1, -0.05) is 23.7 Å². The van der Waals surface area contributed by atoms with Gasteiger partial charge in [0.25, 0.3) is 10.0 Å². The molecule has 0 radical (unpaired) electrons. The lowest BCUT2D eigenvalue weighted by atomic mass is 9.99. The second-order valence-electron chi connectivity index (χ2n) is 5.18. The Labute approximate surface area is 134 Å². The number of anilines is 1. The van der Waals surface area contributed by atoms with Gasteiger partial charge in [0.2, 0.25) is 0 Å². The molecule has 1 heterocycles. The van der Waals surface area contributed by atoms with Crippen molar-refractivity contribution in [2.45, 2.75) is 18.2 Å². The van der Waals surface area contributed by atoms with Crippen LogP contribution >= 0.6 is 11.6 Å². The number of ketones is 1. The number of rotatable bonds is 2. The molecule has 0 N–H and O–H groups in total. The minimum atomic E-state index is -3.72. The number of sulfonamides is 1. The SMILES string of the molecule is Cc1cccc2c1N(S(=O)(=O)c1ccc(Cl)cc1)CCC2=O. The molecule has 22 heavy (non-hydrogen) atoms. The second kappa shape index (κ2) is 5.41. The summed E-state index contributed by atoms with van der Waals surface area (Å²) in [4.78, 5) is 12.2. The van der Waals surface area contributed by atoms with Crippen molar-refractivity contribution in [3.05, 3.63) is 58.6 Å². The van der Waals surface area contributed by atoms with E-state index in [1.165, 1.54) is 16.4 Å². The molecule has 0 fully saturated rings. The highest BCUT2D eigenvalue weighted by atomic mass is 35.5. The van der Waals surface area contributed by atoms with Gasteiger partial charge in [0.05, 0.1) is 10.6 Å². The van der Waals surface area contributed by atoms with E-state index in [2.05, 4.69) is 0 Å². The van der Waals surface area contributed by atoms with Crippen LogP contribution in [-0.2, 0) is 10.0 Å². The van der Waals surface area contributed by atoms with Crippen LogP contribution in [0.15, 0.2) is 47.4 Å². The lowest BCUT2D eigenvalue weighted by molar-refractivity contribution is 0.0982. The lowest BCUT2D eigenvalue weighted by Gasteiger charge is -2.31. The zero-order valence-electron chi connectivity index (χ0n) is 11.9. The van der Waals surface area contributed by atoms with Crippen molar-refractivity contribution in [1.29, 1.82) is 0 Å². The summed E-state index contributed by atoms with van der Waals surface area (Å²) in [5.41, 5.74) is 1.71. The first-order valence-electron chi connectivity index (χ1n) is 6.82. The maximum atomic E-state index is 12.9. The number of fused-ring (bicyclic) bond motifs is 1. The lowest BCUT2D eigenvalue weighted by Crippen LogP contribution is -2.38. The number of benzene rings is 2. The van der Waals surface area contributed by atoms with Gasteiger partial charge in [-0.05, 0) is 42.8 Å². The smallest absolute Gasteiger partial charge is 0.264 e. The number of hydrogen-bond donors (Lipinski definition) is 0. The topological polar surface area (TPSA) is 54.5 Å². The molecule has 0 aliphatic carbocycles. The van der Waals surface area contributed by atoms with Crippen LogP contribution in [0.3, 0.4) is 0 Å². The average Bonchev–Trinajstić information content (AvgIpc) is 2.49. The van der Waals surface area contributed by atoms with Crippen LogP contribution < -0.4 is 4.31 Å². The Bertz CT molecular complexity index is 844. The molecule has 1 aliphatic rings. The van der Waals surface area contributed by atoms with Crippen molar-refractivity contribution in [1.82, 2.24) is 0 Å². The Hall–Kier alpha value is -1.85. The highest BCUT2D eigenvalue weighted by Crippen LogP contribution is 2.34. The number of para-hydroxylation sites is 1. The quantitative estimate of drug-likeness (QED) is 0.844. The fourth-order valence-electron chi connectivity index (χ4n) is 2.64. The van der Waals surface area contributed by atoms with E-state index in [4.69, 9.17) is 11.6 Å². The van der Waals surface area contributed by atoms with Crippen LogP contribution in [0.5, 0.6) is 0 Å². The summed E-state index contributed by atoms with van der Waals surface area (Å²) < 4.78 is 27.1. The minimum absolute atomic E-state index is 0.0266. The van der Waals surface area contributed by atoms with Crippen LogP contribution in [0.4, 0.5) is 5.69 Å². The predicted octanol–water partition coefficient (Wildman–Crippen LogP) is 3.43. The Morgan fingerprint density at radius 1 is 1.09 bits per heavy atom. The molecule has 1 aliphatic heterocycles. The standard InChI is InChI=1S/C16H14ClNO3S/c1-11-3-2-4-14-15(19)9-10-18(16(11)14)22(20,21)13-7-5-12(17)6-8-13/h2-8H,9-10H2,1H3. The third-order valence-corrected chi connectivity index (χ3v) is 5.80. The molecule has 0 aromatic heterocycles. The van der Waals surface area contributed by atoms with Crippen molar-refractivity contribution >= 4 is 33.1 Å². The Morgan fingerprint density at radius 3 is 2.45 bits per heavy atom. The number of aryl methyl sites for hydroxylation is 1. The molecule has 0 saturated carbocycles. The van der Waals surface area contributed by atoms with Crippen molar-refractivity contribution in [3.8, 4) is 0 Å². The molecule has 0 unspecified atom stereocenters. The van der Waals surface area contributed by atoms with E-state index < -0.39 is 10.0 Å². The summed E-state index contributed by atoms with van der Waals surface area (Å²) >= 11 is 5.82. The zero-order chi connectivity index (χ0) is 15.9. The summed E-state index contributed by atoms with van der Waals surface area (Å²) in [5, 5.41) is 0.476. The van der Waals surface area contributed by atoms with Crippen molar-refractivity contribution in [3.63, 3.8) is 0 Å². The largest absolute Gasteiger partial charge is 0.294 e. The van der Waals surface area contributed by atoms with Gasteiger partial charge in [-0.3, -0.25) is 9.10 Å². The molecule has 114 valence electrons. The van der Waals surface area contributed by atoms with Crippen LogP contribution in [0.25, 0.3) is 0 Å². The van der Waals surface area contributed by atoms with Gasteiger partial charge in [-0.2, -0.15) is 0 Å². The molecule has 4 nitrogen and oxygen atoms in total. The minimum Gasteiger partial charge on any atom is -0.294 e. The first kappa shape index (κ1) is 15.1. The van der Waals surface area contributed by atoms with Crippen molar-refractivity contribution in [2.24, 2.45) is 0 Å². The summed E-state index contributed by atoms with van der Waals surface area (Å²) in [6.07, 6.45) is 0.184. The number of hydrogen-bond acceptors (Lipinski definition) is 3. The third-order valence-electron chi connectivity index (χ3n) is 3.73. The van der Waals surface area contributed by atoms with Gasteiger partial charge in [0, 0.05) is 23.6 Å². The van der Waals surface area contributed by atoms with Gasteiger partial charge in [-0.15, -0.1) is 0 Å². The Kier molecular flexibility index (Phi) is 3.70. The fourth-order valence-corrected chi connectivity index (χ4v) is 4.31.